The largest absolute Gasteiger partial charge is 0.497 e. The molecule has 0 amide bonds. The van der Waals surface area contributed by atoms with Crippen LogP contribution < -0.4 is 14.8 Å². The molecule has 5 nitrogen and oxygen atoms in total. The smallest absolute Gasteiger partial charge is 0.173 e. The highest BCUT2D eigenvalue weighted by molar-refractivity contribution is 7.80. The maximum Gasteiger partial charge on any atom is 0.173 e. The lowest BCUT2D eigenvalue weighted by molar-refractivity contribution is 0.404. The molecule has 1 rings (SSSR count). The minimum Gasteiger partial charge on any atom is -0.497 e. The number of hydrogen-bond acceptors (Lipinski definition) is 4. The molecule has 0 aliphatic carbocycles. The summed E-state index contributed by atoms with van der Waals surface area (Å²) < 4.78 is 10.4. The summed E-state index contributed by atoms with van der Waals surface area (Å²) in [7, 11) is 5.03. The number of rotatable bonds is 5. The van der Waals surface area contributed by atoms with Gasteiger partial charge in [0, 0.05) is 19.7 Å². The van der Waals surface area contributed by atoms with Crippen molar-refractivity contribution in [3.05, 3.63) is 18.2 Å². The van der Waals surface area contributed by atoms with Crippen LogP contribution in [0, 0.1) is 11.3 Å². The lowest BCUT2D eigenvalue weighted by Gasteiger charge is -2.21. The summed E-state index contributed by atoms with van der Waals surface area (Å²) in [6.45, 7) is 0.578. The highest BCUT2D eigenvalue weighted by Gasteiger charge is 2.09. The standard InChI is InChI=1S/C13H17N3O2S/c1-16(8-4-7-14)13(19)15-11-9-10(17-2)5-6-12(11)18-3/h5-6,9H,4,8H2,1-3H3,(H,15,19). The Bertz CT molecular complexity index is 485. The molecular weight excluding hydrogens is 262 g/mol. The van der Waals surface area contributed by atoms with Crippen molar-refractivity contribution in [3.63, 3.8) is 0 Å². The van der Waals surface area contributed by atoms with Crippen molar-refractivity contribution < 1.29 is 9.47 Å². The van der Waals surface area contributed by atoms with E-state index in [-0.39, 0.29) is 0 Å². The molecule has 102 valence electrons. The van der Waals surface area contributed by atoms with E-state index in [1.165, 1.54) is 0 Å². The average Bonchev–Trinajstić information content (AvgIpc) is 2.44. The Morgan fingerprint density at radius 3 is 2.74 bits per heavy atom. The fraction of sp³-hybridized carbons (Fsp3) is 0.385. The molecule has 0 aliphatic rings. The van der Waals surface area contributed by atoms with Crippen LogP contribution in [0.4, 0.5) is 5.69 Å². The number of thiocarbonyl (C=S) groups is 1. The Balaban J connectivity index is 2.80. The van der Waals surface area contributed by atoms with E-state index < -0.39 is 0 Å². The van der Waals surface area contributed by atoms with Gasteiger partial charge in [-0.05, 0) is 24.4 Å². The molecule has 6 heteroatoms. The third-order valence-corrected chi connectivity index (χ3v) is 2.97. The molecule has 0 bridgehead atoms. The second-order valence-electron chi connectivity index (χ2n) is 3.83. The van der Waals surface area contributed by atoms with Gasteiger partial charge >= 0.3 is 0 Å². The second kappa shape index (κ2) is 7.44. The fourth-order valence-corrected chi connectivity index (χ4v) is 1.64. The molecular formula is C13H17N3O2S. The van der Waals surface area contributed by atoms with E-state index in [1.54, 1.807) is 25.2 Å². The van der Waals surface area contributed by atoms with Gasteiger partial charge in [0.1, 0.15) is 11.5 Å². The zero-order valence-corrected chi connectivity index (χ0v) is 12.1. The van der Waals surface area contributed by atoms with Crippen molar-refractivity contribution in [2.45, 2.75) is 6.42 Å². The minimum atomic E-state index is 0.424. The molecule has 0 unspecified atom stereocenters. The Morgan fingerprint density at radius 2 is 2.16 bits per heavy atom. The highest BCUT2D eigenvalue weighted by atomic mass is 32.1. The molecule has 1 N–H and O–H groups in total. The zero-order chi connectivity index (χ0) is 14.3. The number of hydrogen-bond donors (Lipinski definition) is 1. The van der Waals surface area contributed by atoms with Crippen LogP contribution in [0.5, 0.6) is 11.5 Å². The monoisotopic (exact) mass is 279 g/mol. The Labute approximate surface area is 118 Å². The molecule has 0 heterocycles. The van der Waals surface area contributed by atoms with Gasteiger partial charge in [-0.1, -0.05) is 0 Å². The molecule has 0 saturated heterocycles. The fourth-order valence-electron chi connectivity index (χ4n) is 1.44. The first-order chi connectivity index (χ1) is 9.12. The summed E-state index contributed by atoms with van der Waals surface area (Å²) in [5.41, 5.74) is 0.732. The van der Waals surface area contributed by atoms with E-state index in [0.717, 1.165) is 5.69 Å². The van der Waals surface area contributed by atoms with E-state index in [4.69, 9.17) is 27.0 Å². The van der Waals surface area contributed by atoms with Crippen LogP contribution in [0.15, 0.2) is 18.2 Å². The summed E-state index contributed by atoms with van der Waals surface area (Å²) in [5.74, 6) is 1.39. The van der Waals surface area contributed by atoms with Crippen LogP contribution in [-0.4, -0.2) is 37.8 Å². The minimum absolute atomic E-state index is 0.424. The summed E-state index contributed by atoms with van der Waals surface area (Å²) in [6.07, 6.45) is 0.424. The van der Waals surface area contributed by atoms with Crippen LogP contribution in [0.25, 0.3) is 0 Å². The number of ether oxygens (including phenoxy) is 2. The van der Waals surface area contributed by atoms with Crippen molar-refractivity contribution in [1.29, 1.82) is 5.26 Å². The third-order valence-electron chi connectivity index (χ3n) is 2.55. The Hall–Kier alpha value is -2.00. The first-order valence-electron chi connectivity index (χ1n) is 5.73. The molecule has 19 heavy (non-hydrogen) atoms. The molecule has 1 aromatic rings. The number of benzene rings is 1. The van der Waals surface area contributed by atoms with E-state index in [1.807, 2.05) is 19.2 Å². The molecule has 0 aliphatic heterocycles. The van der Waals surface area contributed by atoms with E-state index in [2.05, 4.69) is 11.4 Å². The lowest BCUT2D eigenvalue weighted by atomic mass is 10.2. The zero-order valence-electron chi connectivity index (χ0n) is 11.3. The summed E-state index contributed by atoms with van der Waals surface area (Å²) >= 11 is 5.27. The SMILES string of the molecule is COc1ccc(OC)c(NC(=S)N(C)CCC#N)c1. The van der Waals surface area contributed by atoms with Crippen LogP contribution in [0.3, 0.4) is 0 Å². The first-order valence-corrected chi connectivity index (χ1v) is 6.14. The van der Waals surface area contributed by atoms with Gasteiger partial charge in [-0.2, -0.15) is 5.26 Å². The van der Waals surface area contributed by atoms with Gasteiger partial charge in [0.15, 0.2) is 5.11 Å². The van der Waals surface area contributed by atoms with Gasteiger partial charge in [0.25, 0.3) is 0 Å². The normalized spacial score (nSPS) is 9.37. The van der Waals surface area contributed by atoms with Crippen LogP contribution in [0.1, 0.15) is 6.42 Å². The summed E-state index contributed by atoms with van der Waals surface area (Å²) in [6, 6.07) is 7.51. The molecule has 0 radical (unpaired) electrons. The van der Waals surface area contributed by atoms with Crippen molar-refractivity contribution >= 4 is 23.0 Å². The van der Waals surface area contributed by atoms with Crippen molar-refractivity contribution in [2.75, 3.05) is 33.1 Å². The first kappa shape index (κ1) is 15.1. The second-order valence-corrected chi connectivity index (χ2v) is 4.21. The topological polar surface area (TPSA) is 57.5 Å². The number of methoxy groups -OCH3 is 2. The maximum atomic E-state index is 8.56. The van der Waals surface area contributed by atoms with E-state index in [0.29, 0.717) is 29.6 Å². The molecule has 1 aromatic carbocycles. The van der Waals surface area contributed by atoms with Gasteiger partial charge in [-0.25, -0.2) is 0 Å². The lowest BCUT2D eigenvalue weighted by Crippen LogP contribution is -2.31. The van der Waals surface area contributed by atoms with Crippen LogP contribution >= 0.6 is 12.2 Å². The van der Waals surface area contributed by atoms with Gasteiger partial charge in [-0.15, -0.1) is 0 Å². The Morgan fingerprint density at radius 1 is 1.42 bits per heavy atom. The van der Waals surface area contributed by atoms with Crippen molar-refractivity contribution in [1.82, 2.24) is 4.90 Å². The molecule has 0 saturated carbocycles. The number of nitrogens with zero attached hydrogens (tertiary/aromatic N) is 2. The van der Waals surface area contributed by atoms with Gasteiger partial charge < -0.3 is 19.7 Å². The summed E-state index contributed by atoms with van der Waals surface area (Å²) in [5, 5.41) is 12.2. The quantitative estimate of drug-likeness (QED) is 0.834. The number of nitrogens with one attached hydrogen (secondary N) is 1. The number of anilines is 1. The van der Waals surface area contributed by atoms with E-state index >= 15 is 0 Å². The predicted octanol–water partition coefficient (Wildman–Crippen LogP) is 2.25. The van der Waals surface area contributed by atoms with Crippen LogP contribution in [-0.2, 0) is 0 Å². The van der Waals surface area contributed by atoms with E-state index in [9.17, 15) is 0 Å². The van der Waals surface area contributed by atoms with Gasteiger partial charge in [0.2, 0.25) is 0 Å². The van der Waals surface area contributed by atoms with Gasteiger partial charge in [-0.3, -0.25) is 0 Å². The molecule has 0 aromatic heterocycles. The van der Waals surface area contributed by atoms with Crippen molar-refractivity contribution in [2.24, 2.45) is 0 Å². The predicted molar refractivity (Wildman–Crippen MR) is 78.6 cm³/mol. The number of nitriles is 1. The average molecular weight is 279 g/mol. The van der Waals surface area contributed by atoms with Crippen LogP contribution in [0.2, 0.25) is 0 Å². The molecule has 0 atom stereocenters. The molecule has 0 fully saturated rings. The third kappa shape index (κ3) is 4.30. The molecule has 0 spiro atoms. The Kier molecular flexibility index (Phi) is 5.90. The maximum absolute atomic E-state index is 8.56. The summed E-state index contributed by atoms with van der Waals surface area (Å²) in [4.78, 5) is 1.80. The van der Waals surface area contributed by atoms with Crippen molar-refractivity contribution in [3.8, 4) is 17.6 Å². The van der Waals surface area contributed by atoms with Gasteiger partial charge in [0.05, 0.1) is 32.4 Å². The highest BCUT2D eigenvalue weighted by Crippen LogP contribution is 2.29.